The molecule has 2 rings (SSSR count). The van der Waals surface area contributed by atoms with Crippen LogP contribution in [0, 0.1) is 23.1 Å². The highest BCUT2D eigenvalue weighted by Gasteiger charge is 2.23. The van der Waals surface area contributed by atoms with E-state index in [1.807, 2.05) is 6.07 Å². The van der Waals surface area contributed by atoms with Gasteiger partial charge < -0.3 is 9.84 Å². The first-order valence-electron chi connectivity index (χ1n) is 8.42. The number of hydrogen-bond acceptors (Lipinski definition) is 6. The van der Waals surface area contributed by atoms with Gasteiger partial charge in [-0.2, -0.15) is 5.26 Å². The number of benzene rings is 2. The van der Waals surface area contributed by atoms with E-state index >= 15 is 0 Å². The summed E-state index contributed by atoms with van der Waals surface area (Å²) in [5.74, 6) is -2.83. The van der Waals surface area contributed by atoms with E-state index in [0.717, 1.165) is 18.2 Å². The van der Waals surface area contributed by atoms with Gasteiger partial charge in [-0.05, 0) is 42.0 Å². The molecule has 0 aromatic heterocycles. The molecule has 0 aliphatic rings. The number of carbonyl (C=O) groups excluding carboxylic acids is 2. The molecule has 0 spiro atoms. The van der Waals surface area contributed by atoms with Crippen molar-refractivity contribution in [2.24, 2.45) is 5.92 Å². The molecule has 0 unspecified atom stereocenters. The summed E-state index contributed by atoms with van der Waals surface area (Å²) in [6.07, 6.45) is 0.554. The Labute approximate surface area is 165 Å². The highest BCUT2D eigenvalue weighted by Crippen LogP contribution is 2.30. The van der Waals surface area contributed by atoms with Crippen LogP contribution in [0.4, 0.5) is 14.9 Å². The van der Waals surface area contributed by atoms with Crippen LogP contribution >= 0.6 is 0 Å². The molecule has 2 aromatic rings. The fourth-order valence-electron chi connectivity index (χ4n) is 2.45. The fraction of sp³-hybridized carbons (Fsp3) is 0.150. The molecule has 2 atom stereocenters. The average Bonchev–Trinajstić information content (AvgIpc) is 2.72. The Kier molecular flexibility index (Phi) is 7.28. The number of anilines is 1. The topological polar surface area (TPSA) is 132 Å². The zero-order valence-corrected chi connectivity index (χ0v) is 15.3. The standard InChI is InChI=1S/C20H18FN3O5/c1-12(2-9-18(26)24-28)19(14-5-8-17(25)16(21)10-14)29-20(27)23-15-6-3-13(11-22)4-7-15/h2-10,12,19,25,28H,1H3,(H,23,27)(H,24,26)/b9-2+/t12-,19+/m0/s1. The Balaban J connectivity index is 2.22. The molecule has 9 heteroatoms. The lowest BCUT2D eigenvalue weighted by atomic mass is 9.96. The van der Waals surface area contributed by atoms with Gasteiger partial charge in [0.15, 0.2) is 11.6 Å². The molecule has 29 heavy (non-hydrogen) atoms. The van der Waals surface area contributed by atoms with Crippen molar-refractivity contribution in [1.82, 2.24) is 5.48 Å². The summed E-state index contributed by atoms with van der Waals surface area (Å²) in [6.45, 7) is 1.62. The number of ether oxygens (including phenoxy) is 1. The van der Waals surface area contributed by atoms with Crippen LogP contribution in [0.1, 0.15) is 24.2 Å². The second kappa shape index (κ2) is 9.87. The molecule has 0 bridgehead atoms. The minimum Gasteiger partial charge on any atom is -0.505 e. The van der Waals surface area contributed by atoms with Gasteiger partial charge in [0.05, 0.1) is 11.6 Å². The fourth-order valence-corrected chi connectivity index (χ4v) is 2.45. The smallest absolute Gasteiger partial charge is 0.412 e. The van der Waals surface area contributed by atoms with Crippen LogP contribution < -0.4 is 10.8 Å². The van der Waals surface area contributed by atoms with E-state index in [-0.39, 0.29) is 5.56 Å². The van der Waals surface area contributed by atoms with Crippen LogP contribution in [0.5, 0.6) is 5.75 Å². The van der Waals surface area contributed by atoms with Gasteiger partial charge in [0.1, 0.15) is 6.10 Å². The molecule has 0 saturated heterocycles. The monoisotopic (exact) mass is 399 g/mol. The number of hydroxylamine groups is 1. The molecule has 2 amide bonds. The van der Waals surface area contributed by atoms with Gasteiger partial charge in [-0.15, -0.1) is 0 Å². The SMILES string of the molecule is C[C@@H](/C=C/C(=O)NO)[C@@H](OC(=O)Nc1ccc(C#N)cc1)c1ccc(O)c(F)c1. The van der Waals surface area contributed by atoms with E-state index in [9.17, 15) is 19.1 Å². The molecule has 0 saturated carbocycles. The van der Waals surface area contributed by atoms with Gasteiger partial charge in [0, 0.05) is 17.7 Å². The molecule has 0 aliphatic heterocycles. The minimum absolute atomic E-state index is 0.247. The largest absolute Gasteiger partial charge is 0.505 e. The summed E-state index contributed by atoms with van der Waals surface area (Å²) in [7, 11) is 0. The van der Waals surface area contributed by atoms with Crippen LogP contribution in [0.25, 0.3) is 0 Å². The van der Waals surface area contributed by atoms with Gasteiger partial charge >= 0.3 is 6.09 Å². The van der Waals surface area contributed by atoms with Crippen molar-refractivity contribution < 1.29 is 29.0 Å². The number of carbonyl (C=O) groups is 2. The maximum Gasteiger partial charge on any atom is 0.412 e. The Morgan fingerprint density at radius 1 is 1.24 bits per heavy atom. The number of aromatic hydroxyl groups is 1. The van der Waals surface area contributed by atoms with Crippen LogP contribution in [0.2, 0.25) is 0 Å². The van der Waals surface area contributed by atoms with E-state index < -0.39 is 35.6 Å². The van der Waals surface area contributed by atoms with Crippen molar-refractivity contribution >= 4 is 17.7 Å². The predicted molar refractivity (Wildman–Crippen MR) is 100 cm³/mol. The highest BCUT2D eigenvalue weighted by molar-refractivity contribution is 5.86. The number of nitriles is 1. The van der Waals surface area contributed by atoms with Gasteiger partial charge in [-0.1, -0.05) is 19.1 Å². The second-order valence-electron chi connectivity index (χ2n) is 6.05. The third-order valence-electron chi connectivity index (χ3n) is 3.93. The molecule has 0 aliphatic carbocycles. The quantitative estimate of drug-likeness (QED) is 0.334. The lowest BCUT2D eigenvalue weighted by Gasteiger charge is -2.23. The molecule has 0 fully saturated rings. The van der Waals surface area contributed by atoms with E-state index in [0.29, 0.717) is 11.3 Å². The first-order chi connectivity index (χ1) is 13.8. The zero-order valence-electron chi connectivity index (χ0n) is 15.3. The summed E-state index contributed by atoms with van der Waals surface area (Å²) >= 11 is 0. The maximum atomic E-state index is 13.8. The van der Waals surface area contributed by atoms with E-state index in [2.05, 4.69) is 5.32 Å². The third kappa shape index (κ3) is 6.05. The minimum atomic E-state index is -1.01. The number of nitrogens with zero attached hydrogens (tertiary/aromatic N) is 1. The number of rotatable bonds is 6. The van der Waals surface area contributed by atoms with E-state index in [1.165, 1.54) is 41.9 Å². The van der Waals surface area contributed by atoms with Crippen molar-refractivity contribution in [1.29, 1.82) is 5.26 Å². The van der Waals surface area contributed by atoms with Gasteiger partial charge in [-0.25, -0.2) is 14.7 Å². The molecule has 8 nitrogen and oxygen atoms in total. The molecular weight excluding hydrogens is 381 g/mol. The average molecular weight is 399 g/mol. The Hall–Kier alpha value is -3.90. The van der Waals surface area contributed by atoms with Crippen LogP contribution in [-0.4, -0.2) is 22.3 Å². The number of hydrogen-bond donors (Lipinski definition) is 4. The Bertz CT molecular complexity index is 954. The number of amides is 2. The summed E-state index contributed by atoms with van der Waals surface area (Å²) < 4.78 is 19.2. The summed E-state index contributed by atoms with van der Waals surface area (Å²) in [6, 6.07) is 11.5. The Morgan fingerprint density at radius 3 is 2.52 bits per heavy atom. The van der Waals surface area contributed by atoms with Crippen molar-refractivity contribution in [3.8, 4) is 11.8 Å². The molecule has 150 valence electrons. The lowest BCUT2D eigenvalue weighted by molar-refractivity contribution is -0.124. The summed E-state index contributed by atoms with van der Waals surface area (Å²) in [4.78, 5) is 23.5. The van der Waals surface area contributed by atoms with E-state index in [1.54, 1.807) is 6.92 Å². The number of nitrogens with one attached hydrogen (secondary N) is 2. The Morgan fingerprint density at radius 2 is 1.93 bits per heavy atom. The van der Waals surface area contributed by atoms with Crippen molar-refractivity contribution in [2.45, 2.75) is 13.0 Å². The summed E-state index contributed by atoms with van der Waals surface area (Å²) in [5, 5.41) is 29.3. The highest BCUT2D eigenvalue weighted by atomic mass is 19.1. The number of phenols is 1. The summed E-state index contributed by atoms with van der Waals surface area (Å²) in [5.41, 5.74) is 2.48. The number of phenolic OH excluding ortho intramolecular Hbond substituents is 1. The van der Waals surface area contributed by atoms with Crippen LogP contribution in [0.3, 0.4) is 0 Å². The molecule has 0 heterocycles. The van der Waals surface area contributed by atoms with Gasteiger partial charge in [-0.3, -0.25) is 15.3 Å². The molecule has 2 aromatic carbocycles. The van der Waals surface area contributed by atoms with Crippen LogP contribution in [-0.2, 0) is 9.53 Å². The van der Waals surface area contributed by atoms with Gasteiger partial charge in [0.2, 0.25) is 0 Å². The lowest BCUT2D eigenvalue weighted by Crippen LogP contribution is -2.22. The number of halogens is 1. The second-order valence-corrected chi connectivity index (χ2v) is 6.05. The molecular formula is C20H18FN3O5. The van der Waals surface area contributed by atoms with Gasteiger partial charge in [0.25, 0.3) is 5.91 Å². The predicted octanol–water partition coefficient (Wildman–Crippen LogP) is 3.39. The van der Waals surface area contributed by atoms with E-state index in [4.69, 9.17) is 15.2 Å². The first-order valence-corrected chi connectivity index (χ1v) is 8.42. The van der Waals surface area contributed by atoms with Crippen LogP contribution in [0.15, 0.2) is 54.6 Å². The first kappa shape index (κ1) is 21.4. The zero-order chi connectivity index (χ0) is 21.4. The molecule has 4 N–H and O–H groups in total. The van der Waals surface area contributed by atoms with Crippen molar-refractivity contribution in [3.63, 3.8) is 0 Å². The maximum absolute atomic E-state index is 13.8. The normalized spacial score (nSPS) is 12.6. The third-order valence-corrected chi connectivity index (χ3v) is 3.93. The molecule has 0 radical (unpaired) electrons. The van der Waals surface area contributed by atoms with Crippen molar-refractivity contribution in [3.05, 3.63) is 71.6 Å². The van der Waals surface area contributed by atoms with Crippen molar-refractivity contribution in [2.75, 3.05) is 5.32 Å².